The van der Waals surface area contributed by atoms with E-state index in [9.17, 15) is 23.1 Å². The highest BCUT2D eigenvalue weighted by atomic mass is 35.5. The predicted molar refractivity (Wildman–Crippen MR) is 202 cm³/mol. The van der Waals surface area contributed by atoms with Crippen molar-refractivity contribution in [2.75, 3.05) is 12.8 Å². The van der Waals surface area contributed by atoms with Crippen LogP contribution in [0.1, 0.15) is 104 Å². The number of halogens is 2. The van der Waals surface area contributed by atoms with E-state index < -0.39 is 45.9 Å². The number of nitrogens with zero attached hydrogens (tertiary/aromatic N) is 1. The van der Waals surface area contributed by atoms with Crippen LogP contribution in [0.3, 0.4) is 0 Å². The summed E-state index contributed by atoms with van der Waals surface area (Å²) in [7, 11) is -3.57. The monoisotopic (exact) mass is 757 g/mol. The van der Waals surface area contributed by atoms with Gasteiger partial charge in [0.15, 0.2) is 0 Å². The number of ether oxygens (including phenoxy) is 1. The number of sulfonamides is 1. The van der Waals surface area contributed by atoms with Crippen LogP contribution in [-0.2, 0) is 32.4 Å². The molecule has 1 saturated carbocycles. The van der Waals surface area contributed by atoms with Crippen molar-refractivity contribution >= 4 is 45.1 Å². The van der Waals surface area contributed by atoms with Gasteiger partial charge in [0, 0.05) is 40.2 Å². The van der Waals surface area contributed by atoms with Crippen LogP contribution >= 0.6 is 23.2 Å². The van der Waals surface area contributed by atoms with Gasteiger partial charge in [0.05, 0.1) is 18.7 Å². The number of benzene rings is 3. The smallest absolute Gasteiger partial charge is 0.310 e. The number of rotatable bonds is 14. The lowest BCUT2D eigenvalue weighted by Crippen LogP contribution is -2.59. The summed E-state index contributed by atoms with van der Waals surface area (Å²) in [5, 5.41) is 16.1. The van der Waals surface area contributed by atoms with Gasteiger partial charge in [0.25, 0.3) is 5.91 Å². The molecule has 2 aliphatic rings. The van der Waals surface area contributed by atoms with Gasteiger partial charge in [-0.2, -0.15) is 0 Å². The van der Waals surface area contributed by atoms with Crippen LogP contribution in [-0.4, -0.2) is 67.0 Å². The highest BCUT2D eigenvalue weighted by Gasteiger charge is 2.49. The van der Waals surface area contributed by atoms with E-state index in [2.05, 4.69) is 17.0 Å². The second kappa shape index (κ2) is 16.8. The molecule has 0 aromatic heterocycles. The fraction of sp³-hybridized carbons (Fsp3) is 0.487. The summed E-state index contributed by atoms with van der Waals surface area (Å²) in [6, 6.07) is 18.5. The molecule has 276 valence electrons. The van der Waals surface area contributed by atoms with Crippen molar-refractivity contribution in [2.24, 2.45) is 0 Å². The lowest BCUT2D eigenvalue weighted by Gasteiger charge is -2.50. The van der Waals surface area contributed by atoms with Gasteiger partial charge in [-0.05, 0) is 80.0 Å². The summed E-state index contributed by atoms with van der Waals surface area (Å²) in [4.78, 5) is 28.8. The Kier molecular flexibility index (Phi) is 12.9. The zero-order valence-electron chi connectivity index (χ0n) is 29.7. The molecule has 1 fully saturated rings. The van der Waals surface area contributed by atoms with Gasteiger partial charge in [0.2, 0.25) is 10.0 Å². The van der Waals surface area contributed by atoms with Gasteiger partial charge in [0.1, 0.15) is 11.8 Å². The fourth-order valence-electron chi connectivity index (χ4n) is 7.71. The first-order valence-electron chi connectivity index (χ1n) is 17.7. The first-order chi connectivity index (χ1) is 24.2. The zero-order chi connectivity index (χ0) is 36.9. The molecule has 9 nitrogen and oxygen atoms in total. The Bertz CT molecular complexity index is 1800. The third-order valence-electron chi connectivity index (χ3n) is 9.88. The lowest BCUT2D eigenvalue weighted by molar-refractivity contribution is -0.156. The van der Waals surface area contributed by atoms with E-state index in [1.807, 2.05) is 50.2 Å². The maximum atomic E-state index is 14.5. The maximum absolute atomic E-state index is 14.5. The van der Waals surface area contributed by atoms with E-state index in [0.29, 0.717) is 52.5 Å². The number of fused-ring (bicyclic) bond motifs is 1. The molecule has 0 radical (unpaired) electrons. The molecule has 1 aliphatic carbocycles. The second-order valence-electron chi connectivity index (χ2n) is 14.4. The summed E-state index contributed by atoms with van der Waals surface area (Å²) in [5.41, 5.74) is 3.14. The topological polar surface area (TPSA) is 125 Å². The van der Waals surface area contributed by atoms with Crippen LogP contribution in [0.25, 0.3) is 0 Å². The molecule has 51 heavy (non-hydrogen) atoms. The van der Waals surface area contributed by atoms with Gasteiger partial charge < -0.3 is 14.7 Å². The molecular weight excluding hydrogens is 709 g/mol. The number of aliphatic hydroxyl groups excluding tert-OH is 1. The van der Waals surface area contributed by atoms with E-state index in [-0.39, 0.29) is 18.3 Å². The van der Waals surface area contributed by atoms with Crippen molar-refractivity contribution in [1.82, 2.24) is 14.9 Å². The average Bonchev–Trinajstić information content (AvgIpc) is 3.05. The number of hydrogen-bond acceptors (Lipinski definition) is 7. The van der Waals surface area contributed by atoms with Crippen LogP contribution < -0.4 is 10.0 Å². The number of carbonyl (C=O) groups excluding carboxylic acids is 2. The van der Waals surface area contributed by atoms with E-state index in [0.717, 1.165) is 43.1 Å². The number of aliphatic hydroxyl groups is 1. The van der Waals surface area contributed by atoms with Crippen LogP contribution in [0.2, 0.25) is 10.0 Å². The molecule has 1 aliphatic heterocycles. The summed E-state index contributed by atoms with van der Waals surface area (Å²) >= 11 is 13.2. The van der Waals surface area contributed by atoms with Gasteiger partial charge in [-0.1, -0.05) is 97.9 Å². The highest BCUT2D eigenvalue weighted by Crippen LogP contribution is 2.48. The highest BCUT2D eigenvalue weighted by molar-refractivity contribution is 7.88. The first-order valence-corrected chi connectivity index (χ1v) is 20.4. The molecular formula is C39H49Cl2N3O6S. The molecule has 5 atom stereocenters. The minimum Gasteiger partial charge on any atom is -0.459 e. The second-order valence-corrected chi connectivity index (χ2v) is 17.0. The molecule has 1 heterocycles. The molecule has 5 rings (SSSR count). The van der Waals surface area contributed by atoms with Gasteiger partial charge >= 0.3 is 5.97 Å². The van der Waals surface area contributed by atoms with Crippen molar-refractivity contribution in [2.45, 2.75) is 108 Å². The molecule has 0 spiro atoms. The molecule has 0 bridgehead atoms. The number of hydrogen-bond donors (Lipinski definition) is 3. The third kappa shape index (κ3) is 9.91. The number of carbonyl (C=O) groups is 2. The van der Waals surface area contributed by atoms with Crippen molar-refractivity contribution in [1.29, 1.82) is 0 Å². The van der Waals surface area contributed by atoms with E-state index >= 15 is 0 Å². The Morgan fingerprint density at radius 2 is 1.71 bits per heavy atom. The Morgan fingerprint density at radius 3 is 2.39 bits per heavy atom. The van der Waals surface area contributed by atoms with Gasteiger partial charge in [-0.25, -0.2) is 13.1 Å². The van der Waals surface area contributed by atoms with Crippen molar-refractivity contribution < 1.29 is 27.9 Å². The molecule has 3 N–H and O–H groups in total. The SMILES string of the molecule is CCCC(C)(C)OC(=O)Cc1ccc(CCNC(O)[C@@H]2c3ccccc3C(=O)N([C@H]3CCCCC3NS(C)(=O)=O)[C@H]2c2ccc(Cl)cc2Cl)cc1. The molecule has 3 aromatic carbocycles. The zero-order valence-corrected chi connectivity index (χ0v) is 32.0. The Balaban J connectivity index is 1.40. The standard InChI is InChI=1S/C39H49Cl2N3O6S/c1-5-21-39(2,3)50-34(45)23-26-16-14-25(15-17-26)20-22-42-37(46)35-28-10-6-7-11-29(28)38(47)44(36(35)30-19-18-27(40)24-31(30)41)33-13-9-8-12-32(33)43-51(4,48)49/h6-7,10-11,14-19,24,32-33,35-37,42-43,46H,5,8-9,12-13,20-23H2,1-4H3/t32?,33-,35+,36-,37?/m0/s1. The van der Waals surface area contributed by atoms with Crippen LogP contribution in [0.4, 0.5) is 0 Å². The Morgan fingerprint density at radius 1 is 1.02 bits per heavy atom. The summed E-state index contributed by atoms with van der Waals surface area (Å²) < 4.78 is 33.4. The van der Waals surface area contributed by atoms with Crippen LogP contribution in [0.5, 0.6) is 0 Å². The summed E-state index contributed by atoms with van der Waals surface area (Å²) in [6.07, 6.45) is 5.35. The number of nitrogens with one attached hydrogen (secondary N) is 2. The van der Waals surface area contributed by atoms with Crippen molar-refractivity contribution in [3.05, 3.63) is 105 Å². The Hall–Kier alpha value is -2.99. The fourth-order valence-corrected chi connectivity index (χ4v) is 9.06. The number of amides is 1. The van der Waals surface area contributed by atoms with E-state index in [1.165, 1.54) is 0 Å². The minimum absolute atomic E-state index is 0.191. The molecule has 0 saturated heterocycles. The quantitative estimate of drug-likeness (QED) is 0.120. The maximum Gasteiger partial charge on any atom is 0.310 e. The average molecular weight is 759 g/mol. The van der Waals surface area contributed by atoms with Gasteiger partial charge in [-0.3, -0.25) is 14.9 Å². The summed E-state index contributed by atoms with van der Waals surface area (Å²) in [6.45, 7) is 6.33. The normalized spacial score (nSPS) is 21.6. The predicted octanol–water partition coefficient (Wildman–Crippen LogP) is 6.95. The summed E-state index contributed by atoms with van der Waals surface area (Å²) in [5.74, 6) is -1.15. The molecule has 3 aromatic rings. The minimum atomic E-state index is -3.57. The third-order valence-corrected chi connectivity index (χ3v) is 11.2. The van der Waals surface area contributed by atoms with Crippen LogP contribution in [0.15, 0.2) is 66.7 Å². The van der Waals surface area contributed by atoms with Gasteiger partial charge in [-0.15, -0.1) is 0 Å². The van der Waals surface area contributed by atoms with E-state index in [4.69, 9.17) is 27.9 Å². The Labute approximate surface area is 312 Å². The first kappa shape index (κ1) is 39.2. The largest absolute Gasteiger partial charge is 0.459 e. The van der Waals surface area contributed by atoms with Crippen molar-refractivity contribution in [3.63, 3.8) is 0 Å². The van der Waals surface area contributed by atoms with Crippen molar-refractivity contribution in [3.8, 4) is 0 Å². The lowest BCUT2D eigenvalue weighted by atomic mass is 9.76. The molecule has 1 amide bonds. The number of esters is 1. The van der Waals surface area contributed by atoms with E-state index in [1.54, 1.807) is 35.2 Å². The molecule has 2 unspecified atom stereocenters. The molecule has 12 heteroatoms. The van der Waals surface area contributed by atoms with Crippen LogP contribution in [0, 0.1) is 0 Å².